The van der Waals surface area contributed by atoms with Crippen molar-refractivity contribution in [1.82, 2.24) is 5.32 Å². The fraction of sp³-hybridized carbons (Fsp3) is 0.571. The Balaban J connectivity index is 2.20. The highest BCUT2D eigenvalue weighted by Crippen LogP contribution is 2.12. The lowest BCUT2D eigenvalue weighted by Gasteiger charge is -2.20. The summed E-state index contributed by atoms with van der Waals surface area (Å²) in [5.41, 5.74) is 1.12. The van der Waals surface area contributed by atoms with Crippen molar-refractivity contribution in [3.8, 4) is 0 Å². The van der Waals surface area contributed by atoms with E-state index < -0.39 is 11.6 Å². The van der Waals surface area contributed by atoms with Crippen LogP contribution in [0.15, 0.2) is 23.8 Å². The molecule has 0 saturated carbocycles. The molecule has 17 heavy (non-hydrogen) atoms. The third-order valence-corrected chi connectivity index (χ3v) is 2.56. The molecule has 0 atom stereocenters. The standard InChI is InChI=1S/C14H21NO2/c1-14(2,3)15-9-5-4-6-11-7-8-12(16)13(17)10-11/h7-8,10,15H,4-6,9H2,1-3H3. The van der Waals surface area contributed by atoms with Gasteiger partial charge in [-0.2, -0.15) is 0 Å². The zero-order chi connectivity index (χ0) is 12.9. The molecule has 3 heteroatoms. The van der Waals surface area contributed by atoms with Crippen LogP contribution in [-0.2, 0) is 9.59 Å². The van der Waals surface area contributed by atoms with Crippen LogP contribution in [0.5, 0.6) is 0 Å². The quantitative estimate of drug-likeness (QED) is 0.451. The topological polar surface area (TPSA) is 46.2 Å². The molecule has 1 rings (SSSR count). The van der Waals surface area contributed by atoms with Gasteiger partial charge in [0.2, 0.25) is 11.6 Å². The first-order chi connectivity index (χ1) is 7.88. The lowest BCUT2D eigenvalue weighted by molar-refractivity contribution is -0.131. The second-order valence-electron chi connectivity index (χ2n) is 5.41. The van der Waals surface area contributed by atoms with Gasteiger partial charge in [-0.3, -0.25) is 9.59 Å². The van der Waals surface area contributed by atoms with Crippen molar-refractivity contribution in [2.75, 3.05) is 6.54 Å². The summed E-state index contributed by atoms with van der Waals surface area (Å²) in [6.45, 7) is 7.41. The predicted molar refractivity (Wildman–Crippen MR) is 68.8 cm³/mol. The van der Waals surface area contributed by atoms with Gasteiger partial charge in [-0.1, -0.05) is 6.08 Å². The number of hydrogen-bond acceptors (Lipinski definition) is 3. The largest absolute Gasteiger partial charge is 0.312 e. The first-order valence-electron chi connectivity index (χ1n) is 6.10. The van der Waals surface area contributed by atoms with E-state index in [1.54, 1.807) is 6.08 Å². The molecule has 3 nitrogen and oxygen atoms in total. The molecule has 1 aliphatic carbocycles. The van der Waals surface area contributed by atoms with Crippen molar-refractivity contribution in [2.45, 2.75) is 45.6 Å². The highest BCUT2D eigenvalue weighted by Gasteiger charge is 2.12. The maximum Gasteiger partial charge on any atom is 0.225 e. The number of rotatable bonds is 5. The minimum atomic E-state index is -0.414. The van der Waals surface area contributed by atoms with Gasteiger partial charge in [-0.15, -0.1) is 0 Å². The summed E-state index contributed by atoms with van der Waals surface area (Å²) in [6, 6.07) is 0. The highest BCUT2D eigenvalue weighted by atomic mass is 16.2. The molecule has 1 aliphatic rings. The second-order valence-corrected chi connectivity index (χ2v) is 5.41. The number of carbonyl (C=O) groups excluding carboxylic acids is 2. The van der Waals surface area contributed by atoms with E-state index in [9.17, 15) is 9.59 Å². The molecule has 0 aromatic carbocycles. The number of ketones is 2. The van der Waals surface area contributed by atoms with E-state index in [4.69, 9.17) is 0 Å². The Kier molecular flexibility index (Phi) is 4.82. The summed E-state index contributed by atoms with van der Waals surface area (Å²) < 4.78 is 0. The molecule has 0 saturated heterocycles. The van der Waals surface area contributed by atoms with Gasteiger partial charge in [0, 0.05) is 5.54 Å². The molecule has 0 fully saturated rings. The maximum absolute atomic E-state index is 11.1. The fourth-order valence-electron chi connectivity index (χ4n) is 1.63. The van der Waals surface area contributed by atoms with Crippen molar-refractivity contribution in [3.63, 3.8) is 0 Å². The Hall–Kier alpha value is -1.22. The van der Waals surface area contributed by atoms with E-state index >= 15 is 0 Å². The van der Waals surface area contributed by atoms with E-state index in [1.807, 2.05) is 0 Å². The number of hydrogen-bond donors (Lipinski definition) is 1. The normalized spacial score (nSPS) is 16.3. The second kappa shape index (κ2) is 5.92. The van der Waals surface area contributed by atoms with Crippen LogP contribution in [0.25, 0.3) is 0 Å². The molecular formula is C14H21NO2. The van der Waals surface area contributed by atoms with Crippen molar-refractivity contribution in [3.05, 3.63) is 23.8 Å². The summed E-state index contributed by atoms with van der Waals surface area (Å²) >= 11 is 0. The highest BCUT2D eigenvalue weighted by molar-refractivity contribution is 6.46. The molecular weight excluding hydrogens is 214 g/mol. The van der Waals surface area contributed by atoms with Crippen LogP contribution in [0.4, 0.5) is 0 Å². The Morgan fingerprint density at radius 1 is 1.06 bits per heavy atom. The number of unbranched alkanes of at least 4 members (excludes halogenated alkanes) is 1. The molecule has 0 amide bonds. The smallest absolute Gasteiger partial charge is 0.225 e. The lowest BCUT2D eigenvalue weighted by Crippen LogP contribution is -2.36. The lowest BCUT2D eigenvalue weighted by atomic mass is 10.00. The SMILES string of the molecule is CC(C)(C)NCCCCC1=CC(=O)C(=O)C=C1. The first-order valence-corrected chi connectivity index (χ1v) is 6.10. The molecule has 0 aromatic rings. The Bertz CT molecular complexity index is 359. The summed E-state index contributed by atoms with van der Waals surface area (Å²) in [7, 11) is 0. The molecule has 1 N–H and O–H groups in total. The van der Waals surface area contributed by atoms with E-state index in [0.717, 1.165) is 31.4 Å². The summed E-state index contributed by atoms with van der Waals surface area (Å²) in [5.74, 6) is -0.807. The zero-order valence-corrected chi connectivity index (χ0v) is 10.9. The summed E-state index contributed by atoms with van der Waals surface area (Å²) in [4.78, 5) is 22.1. The molecule has 0 unspecified atom stereocenters. The van der Waals surface area contributed by atoms with Crippen LogP contribution in [0.2, 0.25) is 0 Å². The van der Waals surface area contributed by atoms with Crippen molar-refractivity contribution in [1.29, 1.82) is 0 Å². The molecule has 0 spiro atoms. The van der Waals surface area contributed by atoms with Crippen molar-refractivity contribution < 1.29 is 9.59 Å². The summed E-state index contributed by atoms with van der Waals surface area (Å²) in [6.07, 6.45) is 7.54. The third kappa shape index (κ3) is 5.59. The van der Waals surface area contributed by atoms with E-state index in [1.165, 1.54) is 12.2 Å². The van der Waals surface area contributed by atoms with Gasteiger partial charge in [0.05, 0.1) is 0 Å². The minimum Gasteiger partial charge on any atom is -0.312 e. The average molecular weight is 235 g/mol. The predicted octanol–water partition coefficient (Wildman–Crippen LogP) is 2.18. The zero-order valence-electron chi connectivity index (χ0n) is 10.9. The average Bonchev–Trinajstić information content (AvgIpc) is 2.21. The molecule has 0 radical (unpaired) electrons. The minimum absolute atomic E-state index is 0.159. The van der Waals surface area contributed by atoms with Gasteiger partial charge in [0.25, 0.3) is 0 Å². The van der Waals surface area contributed by atoms with Crippen molar-refractivity contribution >= 4 is 11.6 Å². The van der Waals surface area contributed by atoms with Crippen LogP contribution < -0.4 is 5.32 Å². The molecule has 0 aromatic heterocycles. The van der Waals surface area contributed by atoms with E-state index in [2.05, 4.69) is 26.1 Å². The van der Waals surface area contributed by atoms with Gasteiger partial charge in [0.15, 0.2) is 0 Å². The number of allylic oxidation sites excluding steroid dienone is 4. The van der Waals surface area contributed by atoms with Gasteiger partial charge < -0.3 is 5.32 Å². The monoisotopic (exact) mass is 235 g/mol. The first kappa shape index (κ1) is 13.8. The van der Waals surface area contributed by atoms with Gasteiger partial charge in [-0.25, -0.2) is 0 Å². The Labute approximate surface area is 103 Å². The fourth-order valence-corrected chi connectivity index (χ4v) is 1.63. The molecule has 0 aliphatic heterocycles. The third-order valence-electron chi connectivity index (χ3n) is 2.56. The van der Waals surface area contributed by atoms with Crippen LogP contribution in [-0.4, -0.2) is 23.7 Å². The molecule has 0 heterocycles. The van der Waals surface area contributed by atoms with Crippen molar-refractivity contribution in [2.24, 2.45) is 0 Å². The van der Waals surface area contributed by atoms with E-state index in [-0.39, 0.29) is 5.54 Å². The molecule has 94 valence electrons. The Morgan fingerprint density at radius 2 is 1.76 bits per heavy atom. The number of carbonyl (C=O) groups is 2. The van der Waals surface area contributed by atoms with Gasteiger partial charge in [-0.05, 0) is 64.3 Å². The van der Waals surface area contributed by atoms with Gasteiger partial charge in [0.1, 0.15) is 0 Å². The number of nitrogens with one attached hydrogen (secondary N) is 1. The maximum atomic E-state index is 11.1. The van der Waals surface area contributed by atoms with Crippen LogP contribution in [0.1, 0.15) is 40.0 Å². The van der Waals surface area contributed by atoms with Crippen LogP contribution in [0.3, 0.4) is 0 Å². The van der Waals surface area contributed by atoms with Gasteiger partial charge >= 0.3 is 0 Å². The molecule has 0 bridgehead atoms. The Morgan fingerprint density at radius 3 is 2.35 bits per heavy atom. The van der Waals surface area contributed by atoms with Crippen LogP contribution in [0, 0.1) is 0 Å². The van der Waals surface area contributed by atoms with E-state index in [0.29, 0.717) is 0 Å². The van der Waals surface area contributed by atoms with Crippen LogP contribution >= 0.6 is 0 Å². The summed E-state index contributed by atoms with van der Waals surface area (Å²) in [5, 5.41) is 3.42.